The van der Waals surface area contributed by atoms with Crippen LogP contribution in [0, 0.1) is 0 Å². The molecular formula is C42H36N2O9S4. The van der Waals surface area contributed by atoms with E-state index in [2.05, 4.69) is 0 Å². The highest BCUT2D eigenvalue weighted by atomic mass is 32.2. The molecule has 2 aliphatic rings. The minimum absolute atomic E-state index is 0.142. The number of benzene rings is 4. The minimum atomic E-state index is -1.12. The quantitative estimate of drug-likeness (QED) is 0.0607. The van der Waals surface area contributed by atoms with Crippen molar-refractivity contribution in [3.05, 3.63) is 141 Å². The van der Waals surface area contributed by atoms with Gasteiger partial charge >= 0.3 is 11.9 Å². The van der Waals surface area contributed by atoms with Gasteiger partial charge in [0.15, 0.2) is 0 Å². The number of amides is 2. The lowest BCUT2D eigenvalue weighted by Crippen LogP contribution is -2.45. The van der Waals surface area contributed by atoms with Crippen molar-refractivity contribution in [1.82, 2.24) is 9.80 Å². The van der Waals surface area contributed by atoms with Gasteiger partial charge in [-0.3, -0.25) is 19.4 Å². The monoisotopic (exact) mass is 840 g/mol. The van der Waals surface area contributed by atoms with Crippen molar-refractivity contribution in [2.75, 3.05) is 26.4 Å². The van der Waals surface area contributed by atoms with Gasteiger partial charge in [0.25, 0.3) is 11.8 Å². The number of carboxylic acids is 2. The average Bonchev–Trinajstić information content (AvgIpc) is 3.64. The molecule has 0 aliphatic carbocycles. The van der Waals surface area contributed by atoms with Crippen LogP contribution in [0.25, 0.3) is 12.2 Å². The van der Waals surface area contributed by atoms with Gasteiger partial charge in [-0.15, -0.1) is 0 Å². The van der Waals surface area contributed by atoms with Gasteiger partial charge in [0.05, 0.1) is 23.0 Å². The molecule has 0 unspecified atom stereocenters. The predicted octanol–water partition coefficient (Wildman–Crippen LogP) is 6.96. The molecule has 6 rings (SSSR count). The third-order valence-corrected chi connectivity index (χ3v) is 11.4. The predicted molar refractivity (Wildman–Crippen MR) is 228 cm³/mol. The lowest BCUT2D eigenvalue weighted by molar-refractivity contribution is -0.145. The maximum atomic E-state index is 13.2. The Balaban J connectivity index is 0.908. The van der Waals surface area contributed by atoms with Crippen molar-refractivity contribution >= 4 is 92.5 Å². The van der Waals surface area contributed by atoms with Gasteiger partial charge < -0.3 is 24.4 Å². The largest absolute Gasteiger partial charge is 0.491 e. The average molecular weight is 841 g/mol. The lowest BCUT2D eigenvalue weighted by Gasteiger charge is -2.23. The zero-order valence-corrected chi connectivity index (χ0v) is 33.5. The van der Waals surface area contributed by atoms with E-state index in [0.29, 0.717) is 47.7 Å². The number of carbonyl (C=O) groups excluding carboxylic acids is 2. The van der Waals surface area contributed by atoms with E-state index in [-0.39, 0.29) is 21.5 Å². The summed E-state index contributed by atoms with van der Waals surface area (Å²) in [6.07, 6.45) is 3.65. The molecule has 0 spiro atoms. The molecule has 11 nitrogen and oxygen atoms in total. The Morgan fingerprint density at radius 2 is 0.947 bits per heavy atom. The fourth-order valence-corrected chi connectivity index (χ4v) is 8.63. The van der Waals surface area contributed by atoms with Crippen LogP contribution in [0.2, 0.25) is 0 Å². The third-order valence-electron chi connectivity index (χ3n) is 8.73. The van der Waals surface area contributed by atoms with E-state index in [1.165, 1.54) is 9.80 Å². The Kier molecular flexibility index (Phi) is 14.3. The summed E-state index contributed by atoms with van der Waals surface area (Å²) < 4.78 is 17.6. The molecule has 2 atom stereocenters. The maximum absolute atomic E-state index is 13.2. The molecule has 0 aromatic heterocycles. The Labute approximate surface area is 348 Å². The number of thiocarbonyl (C=S) groups is 2. The first kappa shape index (κ1) is 41.3. The summed E-state index contributed by atoms with van der Waals surface area (Å²) in [6.45, 7) is 1.26. The lowest BCUT2D eigenvalue weighted by atomic mass is 10.0. The Bertz CT molecular complexity index is 2030. The molecule has 2 saturated heterocycles. The summed E-state index contributed by atoms with van der Waals surface area (Å²) in [5, 5.41) is 19.8. The van der Waals surface area contributed by atoms with Gasteiger partial charge in [0.2, 0.25) is 0 Å². The number of carbonyl (C=O) groups is 4. The standard InChI is InChI=1S/C42H36N2O9S4/c45-37-35(56-41(54)43(37)33(39(47)48)23-27-7-3-1-4-8-27)25-29-11-15-31(16-12-29)52-21-19-51-20-22-53-32-17-13-30(14-18-32)26-36-38(46)44(42(55)57-36)34(40(49)50)24-28-9-5-2-6-10-28/h1-18,25-26,33-34H,19-24H2,(H,47,48)(H,49,50)/b35-25-,36-26-/t33-,34-/m0/s1. The Morgan fingerprint density at radius 1 is 0.579 bits per heavy atom. The van der Waals surface area contributed by atoms with Gasteiger partial charge in [-0.05, 0) is 58.7 Å². The van der Waals surface area contributed by atoms with Crippen molar-refractivity contribution in [3.8, 4) is 11.5 Å². The molecule has 2 fully saturated rings. The van der Waals surface area contributed by atoms with E-state index >= 15 is 0 Å². The summed E-state index contributed by atoms with van der Waals surface area (Å²) in [4.78, 5) is 53.7. The molecule has 2 heterocycles. The highest BCUT2D eigenvalue weighted by molar-refractivity contribution is 8.27. The number of nitrogens with zero attached hydrogens (tertiary/aromatic N) is 2. The second kappa shape index (κ2) is 19.7. The second-order valence-electron chi connectivity index (χ2n) is 12.6. The highest BCUT2D eigenvalue weighted by Crippen LogP contribution is 2.36. The first-order valence-electron chi connectivity index (χ1n) is 17.7. The van der Waals surface area contributed by atoms with Crippen molar-refractivity contribution in [3.63, 3.8) is 0 Å². The summed E-state index contributed by atoms with van der Waals surface area (Å²) in [6, 6.07) is 30.3. The zero-order chi connectivity index (χ0) is 40.3. The SMILES string of the molecule is O=C(O)[C@H](Cc1ccccc1)N1C(=O)/C(=C/c2ccc(OCCOCCOc3ccc(/C=C4\SC(=S)N([C@@H](Cc5ccccc5)C(=O)O)C4=O)cc3)cc2)SC1=S. The van der Waals surface area contributed by atoms with Gasteiger partial charge in [-0.2, -0.15) is 0 Å². The summed E-state index contributed by atoms with van der Waals surface area (Å²) in [5.74, 6) is -1.89. The molecule has 57 heavy (non-hydrogen) atoms. The molecule has 15 heteroatoms. The smallest absolute Gasteiger partial charge is 0.327 e. The molecule has 4 aromatic carbocycles. The summed E-state index contributed by atoms with van der Waals surface area (Å²) in [5.41, 5.74) is 3.06. The number of rotatable bonds is 18. The van der Waals surface area contributed by atoms with Gasteiger partial charge in [-0.1, -0.05) is 133 Å². The molecular weight excluding hydrogens is 805 g/mol. The number of hydrogen-bond donors (Lipinski definition) is 2. The van der Waals surface area contributed by atoms with Crippen LogP contribution >= 0.6 is 48.0 Å². The Hall–Kier alpha value is -5.32. The normalized spacial score (nSPS) is 16.7. The fraction of sp³-hybridized carbons (Fsp3) is 0.190. The maximum Gasteiger partial charge on any atom is 0.327 e. The molecule has 2 aliphatic heterocycles. The van der Waals surface area contributed by atoms with Crippen LogP contribution in [0.4, 0.5) is 0 Å². The van der Waals surface area contributed by atoms with Crippen molar-refractivity contribution in [1.29, 1.82) is 0 Å². The van der Waals surface area contributed by atoms with E-state index in [0.717, 1.165) is 45.8 Å². The molecule has 0 saturated carbocycles. The van der Waals surface area contributed by atoms with Crippen LogP contribution in [0.3, 0.4) is 0 Å². The van der Waals surface area contributed by atoms with Crippen molar-refractivity contribution in [2.24, 2.45) is 0 Å². The number of ether oxygens (including phenoxy) is 3. The van der Waals surface area contributed by atoms with Crippen LogP contribution in [0.1, 0.15) is 22.3 Å². The van der Waals surface area contributed by atoms with E-state index in [4.69, 9.17) is 38.6 Å². The van der Waals surface area contributed by atoms with Crippen LogP contribution < -0.4 is 9.47 Å². The number of thioether (sulfide) groups is 2. The van der Waals surface area contributed by atoms with Gasteiger partial charge in [0, 0.05) is 12.8 Å². The van der Waals surface area contributed by atoms with E-state index in [1.807, 2.05) is 60.7 Å². The number of hydrogen-bond acceptors (Lipinski definition) is 11. The highest BCUT2D eigenvalue weighted by Gasteiger charge is 2.41. The van der Waals surface area contributed by atoms with Crippen LogP contribution in [0.5, 0.6) is 11.5 Å². The molecule has 0 radical (unpaired) electrons. The first-order valence-corrected chi connectivity index (χ1v) is 20.1. The number of carboxylic acid groups (broad SMARTS) is 2. The van der Waals surface area contributed by atoms with Crippen LogP contribution in [-0.4, -0.2) is 90.9 Å². The molecule has 0 bridgehead atoms. The molecule has 4 aromatic rings. The second-order valence-corrected chi connectivity index (χ2v) is 16.0. The Morgan fingerprint density at radius 3 is 1.30 bits per heavy atom. The van der Waals surface area contributed by atoms with Gasteiger partial charge in [-0.25, -0.2) is 9.59 Å². The van der Waals surface area contributed by atoms with E-state index in [1.54, 1.807) is 60.7 Å². The van der Waals surface area contributed by atoms with Crippen molar-refractivity contribution < 1.29 is 43.6 Å². The third kappa shape index (κ3) is 11.0. The summed E-state index contributed by atoms with van der Waals surface area (Å²) in [7, 11) is 0. The van der Waals surface area contributed by atoms with E-state index < -0.39 is 35.8 Å². The van der Waals surface area contributed by atoms with Gasteiger partial charge in [0.1, 0.15) is 45.4 Å². The zero-order valence-electron chi connectivity index (χ0n) is 30.2. The number of aliphatic carboxylic acids is 2. The topological polar surface area (TPSA) is 143 Å². The molecule has 2 amide bonds. The molecule has 292 valence electrons. The first-order chi connectivity index (χ1) is 27.6. The minimum Gasteiger partial charge on any atom is -0.491 e. The van der Waals surface area contributed by atoms with Crippen molar-refractivity contribution in [2.45, 2.75) is 24.9 Å². The fourth-order valence-electron chi connectivity index (χ4n) is 5.91. The summed E-state index contributed by atoms with van der Waals surface area (Å²) >= 11 is 13.0. The van der Waals surface area contributed by atoms with Crippen LogP contribution in [0.15, 0.2) is 119 Å². The van der Waals surface area contributed by atoms with E-state index in [9.17, 15) is 29.4 Å². The molecule has 2 N–H and O–H groups in total. The van der Waals surface area contributed by atoms with Crippen LogP contribution in [-0.2, 0) is 36.8 Å².